The van der Waals surface area contributed by atoms with Crippen LogP contribution in [0.25, 0.3) is 0 Å². The summed E-state index contributed by atoms with van der Waals surface area (Å²) in [7, 11) is 3.35. The van der Waals surface area contributed by atoms with Gasteiger partial charge in [0, 0.05) is 5.92 Å². The van der Waals surface area contributed by atoms with Gasteiger partial charge < -0.3 is 9.47 Å². The van der Waals surface area contributed by atoms with Crippen molar-refractivity contribution in [2.75, 3.05) is 14.2 Å². The molecule has 62 valence electrons. The molecule has 1 unspecified atom stereocenters. The lowest BCUT2D eigenvalue weighted by Gasteiger charge is -2.19. The number of methoxy groups -OCH3 is 2. The van der Waals surface area contributed by atoms with Crippen LogP contribution in [0.2, 0.25) is 0 Å². The van der Waals surface area contributed by atoms with Gasteiger partial charge in [-0.2, -0.15) is 0 Å². The third kappa shape index (κ3) is 1.56. The standard InChI is InChI=1S/C9H14O2/c1-7-5-4-6-8(10-2)9(7)11-3/h4,6-7H,5H2,1-3H3. The minimum Gasteiger partial charge on any atom is -0.497 e. The maximum atomic E-state index is 5.21. The van der Waals surface area contributed by atoms with E-state index in [1.165, 1.54) is 0 Å². The molecule has 0 spiro atoms. The second-order valence-electron chi connectivity index (χ2n) is 2.68. The Hall–Kier alpha value is -0.920. The summed E-state index contributed by atoms with van der Waals surface area (Å²) in [6.07, 6.45) is 5.10. The van der Waals surface area contributed by atoms with Crippen LogP contribution in [-0.4, -0.2) is 14.2 Å². The molecule has 1 atom stereocenters. The fourth-order valence-corrected chi connectivity index (χ4v) is 1.28. The van der Waals surface area contributed by atoms with Crippen LogP contribution in [0.1, 0.15) is 13.3 Å². The average Bonchev–Trinajstić information content (AvgIpc) is 2.04. The van der Waals surface area contributed by atoms with Gasteiger partial charge >= 0.3 is 0 Å². The smallest absolute Gasteiger partial charge is 0.156 e. The largest absolute Gasteiger partial charge is 0.497 e. The van der Waals surface area contributed by atoms with Gasteiger partial charge in [0.25, 0.3) is 0 Å². The molecule has 11 heavy (non-hydrogen) atoms. The van der Waals surface area contributed by atoms with Crippen molar-refractivity contribution in [1.82, 2.24) is 0 Å². The summed E-state index contributed by atoms with van der Waals surface area (Å²) in [4.78, 5) is 0. The minimum atomic E-state index is 0.444. The van der Waals surface area contributed by atoms with Gasteiger partial charge in [-0.15, -0.1) is 0 Å². The normalized spacial score (nSPS) is 23.7. The van der Waals surface area contributed by atoms with Crippen LogP contribution in [0.5, 0.6) is 0 Å². The van der Waals surface area contributed by atoms with Crippen molar-refractivity contribution in [3.63, 3.8) is 0 Å². The first kappa shape index (κ1) is 8.18. The molecule has 2 nitrogen and oxygen atoms in total. The van der Waals surface area contributed by atoms with Gasteiger partial charge in [-0.1, -0.05) is 13.0 Å². The molecule has 0 heterocycles. The minimum absolute atomic E-state index is 0.444. The zero-order valence-electron chi connectivity index (χ0n) is 7.26. The van der Waals surface area contributed by atoms with E-state index in [4.69, 9.17) is 9.47 Å². The summed E-state index contributed by atoms with van der Waals surface area (Å²) in [5.74, 6) is 2.25. The van der Waals surface area contributed by atoms with Crippen molar-refractivity contribution in [3.8, 4) is 0 Å². The molecule has 0 radical (unpaired) electrons. The molecule has 0 aromatic carbocycles. The zero-order chi connectivity index (χ0) is 8.27. The Bertz CT molecular complexity index is 192. The second-order valence-corrected chi connectivity index (χ2v) is 2.68. The number of ether oxygens (including phenoxy) is 2. The lowest BCUT2D eigenvalue weighted by Crippen LogP contribution is -2.08. The zero-order valence-corrected chi connectivity index (χ0v) is 7.26. The summed E-state index contributed by atoms with van der Waals surface area (Å²) >= 11 is 0. The van der Waals surface area contributed by atoms with Gasteiger partial charge in [-0.05, 0) is 12.5 Å². The summed E-state index contributed by atoms with van der Waals surface area (Å²) < 4.78 is 10.3. The number of allylic oxidation sites excluding steroid dienone is 3. The van der Waals surface area contributed by atoms with Crippen molar-refractivity contribution in [1.29, 1.82) is 0 Å². The van der Waals surface area contributed by atoms with Gasteiger partial charge in [0.15, 0.2) is 5.76 Å². The first-order valence-corrected chi connectivity index (χ1v) is 3.78. The van der Waals surface area contributed by atoms with Crippen molar-refractivity contribution >= 4 is 0 Å². The third-order valence-corrected chi connectivity index (χ3v) is 1.89. The van der Waals surface area contributed by atoms with Crippen LogP contribution in [0.3, 0.4) is 0 Å². The average molecular weight is 154 g/mol. The Kier molecular flexibility index (Phi) is 2.58. The highest BCUT2D eigenvalue weighted by Crippen LogP contribution is 2.25. The van der Waals surface area contributed by atoms with Crippen molar-refractivity contribution in [3.05, 3.63) is 23.7 Å². The molecular formula is C9H14O2. The van der Waals surface area contributed by atoms with E-state index in [1.54, 1.807) is 14.2 Å². The van der Waals surface area contributed by atoms with Crippen LogP contribution >= 0.6 is 0 Å². The Morgan fingerprint density at radius 2 is 2.09 bits per heavy atom. The van der Waals surface area contributed by atoms with Crippen LogP contribution in [-0.2, 0) is 9.47 Å². The number of hydrogen-bond donors (Lipinski definition) is 0. The SMILES string of the molecule is COC1=C(OC)C(C)CC=C1. The Morgan fingerprint density at radius 1 is 1.36 bits per heavy atom. The first-order valence-electron chi connectivity index (χ1n) is 3.78. The molecule has 0 bridgehead atoms. The van der Waals surface area contributed by atoms with E-state index in [2.05, 4.69) is 13.0 Å². The highest BCUT2D eigenvalue weighted by atomic mass is 16.5. The predicted octanol–water partition coefficient (Wildman–Crippen LogP) is 2.09. The van der Waals surface area contributed by atoms with Gasteiger partial charge in [-0.25, -0.2) is 0 Å². The van der Waals surface area contributed by atoms with E-state index in [-0.39, 0.29) is 0 Å². The highest BCUT2D eigenvalue weighted by Gasteiger charge is 2.16. The van der Waals surface area contributed by atoms with E-state index >= 15 is 0 Å². The quantitative estimate of drug-likeness (QED) is 0.606. The molecule has 0 aromatic rings. The van der Waals surface area contributed by atoms with E-state index in [1.807, 2.05) is 6.08 Å². The number of rotatable bonds is 2. The number of hydrogen-bond acceptors (Lipinski definition) is 2. The third-order valence-electron chi connectivity index (χ3n) is 1.89. The molecule has 0 fully saturated rings. The molecular weight excluding hydrogens is 140 g/mol. The maximum Gasteiger partial charge on any atom is 0.156 e. The summed E-state index contributed by atoms with van der Waals surface area (Å²) in [6, 6.07) is 0. The van der Waals surface area contributed by atoms with E-state index in [0.717, 1.165) is 17.9 Å². The molecule has 0 saturated heterocycles. The molecule has 0 saturated carbocycles. The summed E-state index contributed by atoms with van der Waals surface area (Å²) in [5, 5.41) is 0. The predicted molar refractivity (Wildman–Crippen MR) is 44.0 cm³/mol. The Balaban J connectivity index is 2.86. The van der Waals surface area contributed by atoms with Gasteiger partial charge in [0.05, 0.1) is 14.2 Å². The maximum absolute atomic E-state index is 5.21. The molecule has 2 heteroatoms. The van der Waals surface area contributed by atoms with Crippen LogP contribution in [0.4, 0.5) is 0 Å². The van der Waals surface area contributed by atoms with Crippen LogP contribution in [0.15, 0.2) is 23.7 Å². The summed E-state index contributed by atoms with van der Waals surface area (Å²) in [6.45, 7) is 2.13. The fourth-order valence-electron chi connectivity index (χ4n) is 1.28. The molecule has 0 N–H and O–H groups in total. The Morgan fingerprint density at radius 3 is 2.55 bits per heavy atom. The summed E-state index contributed by atoms with van der Waals surface area (Å²) in [5.41, 5.74) is 0. The van der Waals surface area contributed by atoms with Gasteiger partial charge in [0.1, 0.15) is 5.76 Å². The van der Waals surface area contributed by atoms with Gasteiger partial charge in [-0.3, -0.25) is 0 Å². The van der Waals surface area contributed by atoms with Crippen molar-refractivity contribution in [2.24, 2.45) is 5.92 Å². The van der Waals surface area contributed by atoms with Crippen molar-refractivity contribution < 1.29 is 9.47 Å². The lowest BCUT2D eigenvalue weighted by molar-refractivity contribution is 0.196. The molecule has 1 aliphatic rings. The topological polar surface area (TPSA) is 18.5 Å². The van der Waals surface area contributed by atoms with E-state index in [0.29, 0.717) is 5.92 Å². The molecule has 1 rings (SSSR count). The van der Waals surface area contributed by atoms with Crippen LogP contribution < -0.4 is 0 Å². The second kappa shape index (κ2) is 3.46. The first-order chi connectivity index (χ1) is 5.29. The van der Waals surface area contributed by atoms with E-state index in [9.17, 15) is 0 Å². The lowest BCUT2D eigenvalue weighted by atomic mass is 10.00. The highest BCUT2D eigenvalue weighted by molar-refractivity contribution is 5.22. The monoisotopic (exact) mass is 154 g/mol. The molecule has 0 amide bonds. The molecule has 1 aliphatic carbocycles. The Labute approximate surface area is 67.5 Å². The molecule has 0 aliphatic heterocycles. The fraction of sp³-hybridized carbons (Fsp3) is 0.556. The van der Waals surface area contributed by atoms with Crippen LogP contribution in [0, 0.1) is 5.92 Å². The van der Waals surface area contributed by atoms with Crippen molar-refractivity contribution in [2.45, 2.75) is 13.3 Å². The van der Waals surface area contributed by atoms with Gasteiger partial charge in [0.2, 0.25) is 0 Å². The van der Waals surface area contributed by atoms with E-state index < -0.39 is 0 Å². The molecule has 0 aromatic heterocycles.